The molecule has 6 aromatic carbocycles. The first kappa shape index (κ1) is 79.8. The zero-order valence-electron chi connectivity index (χ0n) is 63.8. The van der Waals surface area contributed by atoms with E-state index in [0.717, 1.165) is 21.5 Å². The van der Waals surface area contributed by atoms with Crippen LogP contribution in [0, 0.1) is 28.6 Å². The molecular weight excluding hydrogens is 1400 g/mol. The minimum absolute atomic E-state index is 0.00607. The number of carboxylic acid groups (broad SMARTS) is 2. The summed E-state index contributed by atoms with van der Waals surface area (Å²) < 4.78 is 15.4. The number of hydrogen-bond donors (Lipinski definition) is 7. The number of carbonyl (C=O) groups excluding carboxylic acids is 8. The number of carbonyl (C=O) groups is 10. The Kier molecular flexibility index (Phi) is 25.1. The lowest BCUT2D eigenvalue weighted by Crippen LogP contribution is -2.60. The van der Waals surface area contributed by atoms with E-state index in [1.165, 1.54) is 19.2 Å². The number of nitrogens with one attached hydrogen (secondary N) is 5. The van der Waals surface area contributed by atoms with Gasteiger partial charge in [0.1, 0.15) is 66.3 Å². The minimum Gasteiger partial charge on any atom is -0.487 e. The molecule has 6 aliphatic rings. The van der Waals surface area contributed by atoms with E-state index < -0.39 is 149 Å². The van der Waals surface area contributed by atoms with Crippen LogP contribution in [0.5, 0.6) is 11.5 Å². The number of rotatable bonds is 14. The van der Waals surface area contributed by atoms with Crippen LogP contribution in [-0.2, 0) is 86.8 Å². The number of likely N-dealkylation sites (tertiary alicyclic amines) is 2. The summed E-state index contributed by atoms with van der Waals surface area (Å²) in [5.41, 5.74) is 1.35. The van der Waals surface area contributed by atoms with E-state index in [2.05, 4.69) is 47.2 Å². The molecule has 0 unspecified atom stereocenters. The summed E-state index contributed by atoms with van der Waals surface area (Å²) in [6.07, 6.45) is 2.77. The largest absolute Gasteiger partial charge is 0.487 e. The number of hydrogen-bond acceptors (Lipinski definition) is 17. The van der Waals surface area contributed by atoms with Crippen LogP contribution in [0.2, 0.25) is 0 Å². The summed E-state index contributed by atoms with van der Waals surface area (Å²) in [5.74, 6) is -9.19. The predicted octanol–water partition coefficient (Wildman–Crippen LogP) is 7.91. The van der Waals surface area contributed by atoms with Crippen molar-refractivity contribution in [2.45, 2.75) is 188 Å². The molecule has 0 radical (unpaired) electrons. The Labute approximate surface area is 639 Å². The number of aromatic nitrogens is 6. The van der Waals surface area contributed by atoms with Gasteiger partial charge in [0.2, 0.25) is 35.4 Å². The highest BCUT2D eigenvalue weighted by Crippen LogP contribution is 2.37. The van der Waals surface area contributed by atoms with Crippen molar-refractivity contribution in [3.05, 3.63) is 179 Å². The van der Waals surface area contributed by atoms with Gasteiger partial charge in [0.05, 0.1) is 42.5 Å². The van der Waals surface area contributed by atoms with Crippen molar-refractivity contribution in [2.75, 3.05) is 20.1 Å². The molecular formula is C83H99N13O14. The zero-order valence-corrected chi connectivity index (χ0v) is 63.8. The Morgan fingerprint density at radius 3 is 1.53 bits per heavy atom. The fraction of sp³-hybridized carbons (Fsp3) is 0.446. The Hall–Kier alpha value is -11.2. The normalized spacial score (nSPS) is 21.8. The zero-order chi connectivity index (χ0) is 78.9. The first-order chi connectivity index (χ1) is 52.4. The van der Waals surface area contributed by atoms with E-state index in [1.807, 2.05) is 113 Å². The molecule has 27 nitrogen and oxygen atoms in total. The second-order valence-electron chi connectivity index (χ2n) is 31.6. The lowest BCUT2D eigenvalue weighted by Gasteiger charge is -2.37. The summed E-state index contributed by atoms with van der Waals surface area (Å²) in [7, 11) is 1.62. The van der Waals surface area contributed by atoms with Gasteiger partial charge in [0, 0.05) is 44.2 Å². The summed E-state index contributed by atoms with van der Waals surface area (Å²) in [6.45, 7) is 15.9. The van der Waals surface area contributed by atoms with Gasteiger partial charge in [-0.3, -0.25) is 43.2 Å². The van der Waals surface area contributed by atoms with Crippen LogP contribution in [-0.4, -0.2) is 171 Å². The van der Waals surface area contributed by atoms with E-state index >= 15 is 28.8 Å². The molecule has 0 aliphatic carbocycles. The maximum absolute atomic E-state index is 15.7. The number of fused-ring (bicyclic) bond motifs is 2. The Balaban J connectivity index is 0.941. The van der Waals surface area contributed by atoms with Gasteiger partial charge in [-0.1, -0.05) is 175 Å². The van der Waals surface area contributed by atoms with Crippen molar-refractivity contribution >= 4 is 80.5 Å². The predicted molar refractivity (Wildman–Crippen MR) is 409 cm³/mol. The molecule has 27 heteroatoms. The minimum atomic E-state index is -1.49. The molecule has 8 bridgehead atoms. The molecule has 110 heavy (non-hydrogen) atoms. The highest BCUT2D eigenvalue weighted by molar-refractivity contribution is 5.99. The van der Waals surface area contributed by atoms with Crippen LogP contribution < -0.4 is 36.1 Å². The quantitative estimate of drug-likeness (QED) is 0.0543. The van der Waals surface area contributed by atoms with Crippen molar-refractivity contribution in [3.63, 3.8) is 0 Å². The SMILES string of the molecule is CC[C@@H](C)C(=O)N[C@H](C(=O)N1CC[C@@H]2[C@H]1C(=O)N[C@@H](Cc1ccc3ccccc3c1)C(=O)C[C@H](C(=O)O)Cc1ccc(cc1)OCc1cn(nn1)[C@@H]1CCN(C(=O)[C@@H](NC(=O)[C@H](C)NC)C(C)(C)C)[C@@H]1C(=O)C[C@@H](Cc1ccc3ccccc3c1)C(=O)N[C@H](C(=O)O)Cc1ccc(cc1)OCc1cn2nn1)C(C)(C)C. The topological polar surface area (TPSA) is 358 Å². The Morgan fingerprint density at radius 1 is 0.555 bits per heavy atom. The van der Waals surface area contributed by atoms with Gasteiger partial charge in [-0.15, -0.1) is 10.2 Å². The van der Waals surface area contributed by atoms with Crippen molar-refractivity contribution in [3.8, 4) is 11.5 Å². The van der Waals surface area contributed by atoms with Crippen LogP contribution in [0.4, 0.5) is 0 Å². The monoisotopic (exact) mass is 1500 g/mol. The van der Waals surface area contributed by atoms with E-state index in [4.69, 9.17) is 9.47 Å². The molecule has 0 spiro atoms. The van der Waals surface area contributed by atoms with Crippen LogP contribution in [0.3, 0.4) is 0 Å². The van der Waals surface area contributed by atoms with Gasteiger partial charge in [0.25, 0.3) is 0 Å². The molecule has 2 saturated heterocycles. The summed E-state index contributed by atoms with van der Waals surface area (Å²) >= 11 is 0. The molecule has 580 valence electrons. The maximum atomic E-state index is 15.7. The van der Waals surface area contributed by atoms with Gasteiger partial charge in [0.15, 0.2) is 11.6 Å². The molecule has 12 atom stereocenters. The molecule has 6 aliphatic heterocycles. The average molecular weight is 1500 g/mol. The van der Waals surface area contributed by atoms with Crippen LogP contribution in [0.25, 0.3) is 21.5 Å². The lowest BCUT2D eigenvalue weighted by atomic mass is 9.84. The fourth-order valence-electron chi connectivity index (χ4n) is 14.7. The highest BCUT2D eigenvalue weighted by Gasteiger charge is 2.51. The molecule has 14 rings (SSSR count). The van der Waals surface area contributed by atoms with Crippen LogP contribution >= 0.6 is 0 Å². The summed E-state index contributed by atoms with van der Waals surface area (Å²) in [6, 6.07) is 29.8. The van der Waals surface area contributed by atoms with Gasteiger partial charge in [-0.25, -0.2) is 14.2 Å². The van der Waals surface area contributed by atoms with Crippen LogP contribution in [0.1, 0.15) is 140 Å². The van der Waals surface area contributed by atoms with E-state index in [1.54, 1.807) is 103 Å². The summed E-state index contributed by atoms with van der Waals surface area (Å²) in [4.78, 5) is 149. The molecule has 2 fully saturated rings. The third kappa shape index (κ3) is 19.2. The molecule has 8 aromatic rings. The smallest absolute Gasteiger partial charge is 0.326 e. The first-order valence-corrected chi connectivity index (χ1v) is 37.6. The number of likely N-dealkylation sites (N-methyl/N-ethyl adjacent to an activating group) is 1. The molecule has 6 amide bonds. The molecule has 0 saturated carbocycles. The van der Waals surface area contributed by atoms with Gasteiger partial charge < -0.3 is 56.1 Å². The Bertz CT molecular complexity index is 4410. The lowest BCUT2D eigenvalue weighted by molar-refractivity contribution is -0.146. The third-order valence-corrected chi connectivity index (χ3v) is 21.4. The summed E-state index contributed by atoms with van der Waals surface area (Å²) in [5, 5.41) is 57.7. The van der Waals surface area contributed by atoms with Crippen molar-refractivity contribution in [1.82, 2.24) is 66.4 Å². The maximum Gasteiger partial charge on any atom is 0.326 e. The number of carboxylic acids is 2. The third-order valence-electron chi connectivity index (χ3n) is 21.4. The van der Waals surface area contributed by atoms with Crippen LogP contribution in [0.15, 0.2) is 146 Å². The molecule has 7 N–H and O–H groups in total. The fourth-order valence-corrected chi connectivity index (χ4v) is 14.7. The van der Waals surface area contributed by atoms with E-state index in [9.17, 15) is 29.4 Å². The first-order valence-electron chi connectivity index (χ1n) is 37.6. The van der Waals surface area contributed by atoms with Crippen molar-refractivity contribution in [1.29, 1.82) is 0 Å². The number of Topliss-reactive ketones (excluding diaryl/α,β-unsaturated/α-hetero) is 2. The number of ketones is 2. The second-order valence-corrected chi connectivity index (χ2v) is 31.6. The number of aliphatic carboxylic acids is 2. The second kappa shape index (κ2) is 34.6. The number of nitrogens with zero attached hydrogens (tertiary/aromatic N) is 8. The van der Waals surface area contributed by atoms with Gasteiger partial charge >= 0.3 is 11.9 Å². The van der Waals surface area contributed by atoms with Gasteiger partial charge in [-0.2, -0.15) is 0 Å². The molecule has 2 aromatic heterocycles. The van der Waals surface area contributed by atoms with Gasteiger partial charge in [-0.05, 0) is 131 Å². The van der Waals surface area contributed by atoms with Crippen molar-refractivity contribution < 1.29 is 67.6 Å². The average Bonchev–Trinajstić information content (AvgIpc) is 1.62. The Morgan fingerprint density at radius 2 is 1.04 bits per heavy atom. The molecule has 8 heterocycles. The van der Waals surface area contributed by atoms with E-state index in [0.29, 0.717) is 51.6 Å². The highest BCUT2D eigenvalue weighted by atomic mass is 16.5. The van der Waals surface area contributed by atoms with Crippen molar-refractivity contribution in [2.24, 2.45) is 28.6 Å². The number of benzene rings is 6. The number of amides is 6. The van der Waals surface area contributed by atoms with E-state index in [-0.39, 0.29) is 70.7 Å². The standard InChI is InChI=1S/C83H99N13O14/c1-11-48(2)74(99)87-72(82(4,5)6)79(104)94-35-33-67-71(94)77(102)85-64(41-53-21-27-55-17-13-15-19-57(55)38-53)68(97)43-59(80(105)106)36-50-22-28-62(29-23-50)109-46-60-44-95(91-89-60)66-32-34-93(78(103)73(83(7,8)9)88-75(100)49(3)84-10)70(66)69(98)42-58(39-52-20-26-54-16-12-14-18-56(54)37-52)76(101)86-65(81(107)108)40-51-24-30-63(31-25-51)110-47-61-45-96(67)92-90-61/h12-31,37-38,44-45,48-49,58-59,64-67,70-73,84H,11,32-36,39-43,46-47H2,1-10H3,(H,85,102)(H,86,101)(H,87,99)(H,88,100)(H,105,106)(H,107,108)/t48-,49+,58-,59-,64+,65+,66-,67-,70+,71+,72-,73-/m1/s1. The number of ether oxygens (including phenoxy) is 2.